The van der Waals surface area contributed by atoms with Gasteiger partial charge in [-0.05, 0) is 38.4 Å². The summed E-state index contributed by atoms with van der Waals surface area (Å²) in [5, 5.41) is 0. The van der Waals surface area contributed by atoms with Gasteiger partial charge in [0.25, 0.3) is 0 Å². The second-order valence-electron chi connectivity index (χ2n) is 4.98. The van der Waals surface area contributed by atoms with Crippen LogP contribution in [0.25, 0.3) is 0 Å². The van der Waals surface area contributed by atoms with Gasteiger partial charge in [-0.15, -0.1) is 0 Å². The summed E-state index contributed by atoms with van der Waals surface area (Å²) in [6.45, 7) is 4.97. The molecule has 0 aliphatic heterocycles. The number of nitrogen functional groups attached to an aromatic ring is 1. The van der Waals surface area contributed by atoms with Crippen LogP contribution in [0.5, 0.6) is 0 Å². The van der Waals surface area contributed by atoms with Crippen molar-refractivity contribution in [2.24, 2.45) is 0 Å². The molecule has 0 radical (unpaired) electrons. The maximum atomic E-state index is 12.2. The van der Waals surface area contributed by atoms with Gasteiger partial charge in [0, 0.05) is 24.7 Å². The molecule has 5 heteroatoms. The molecule has 0 saturated carbocycles. The number of hydrogen-bond donors (Lipinski definition) is 1. The Hall–Kier alpha value is -1.23. The van der Waals surface area contributed by atoms with Crippen molar-refractivity contribution in [3.05, 3.63) is 29.8 Å². The van der Waals surface area contributed by atoms with E-state index in [2.05, 4.69) is 0 Å². The van der Waals surface area contributed by atoms with E-state index in [1.165, 1.54) is 0 Å². The van der Waals surface area contributed by atoms with Crippen LogP contribution in [0.4, 0.5) is 18.9 Å². The number of benzene rings is 1. The second-order valence-corrected chi connectivity index (χ2v) is 4.98. The van der Waals surface area contributed by atoms with Gasteiger partial charge in [0.2, 0.25) is 0 Å². The number of nitrogens with zero attached hydrogens (tertiary/aromatic N) is 1. The zero-order valence-electron chi connectivity index (χ0n) is 11.4. The first kappa shape index (κ1) is 15.8. The van der Waals surface area contributed by atoms with Crippen LogP contribution in [0.2, 0.25) is 0 Å². The quantitative estimate of drug-likeness (QED) is 0.799. The predicted octanol–water partition coefficient (Wildman–Crippen LogP) is 3.82. The van der Waals surface area contributed by atoms with Crippen LogP contribution in [0.3, 0.4) is 0 Å². The SMILES string of the molecule is CC(C)N(CCCC(F)(F)F)Cc1ccccc1N. The Morgan fingerprint density at radius 1 is 1.21 bits per heavy atom. The van der Waals surface area contributed by atoms with Crippen molar-refractivity contribution in [2.75, 3.05) is 12.3 Å². The molecule has 0 amide bonds. The van der Waals surface area contributed by atoms with Gasteiger partial charge in [-0.3, -0.25) is 4.90 Å². The minimum atomic E-state index is -4.07. The molecule has 0 heterocycles. The van der Waals surface area contributed by atoms with E-state index in [0.717, 1.165) is 5.56 Å². The lowest BCUT2D eigenvalue weighted by atomic mass is 10.1. The summed E-state index contributed by atoms with van der Waals surface area (Å²) in [6, 6.07) is 7.65. The fourth-order valence-electron chi connectivity index (χ4n) is 1.90. The van der Waals surface area contributed by atoms with E-state index in [4.69, 9.17) is 5.73 Å². The molecule has 0 unspecified atom stereocenters. The molecule has 108 valence electrons. The minimum absolute atomic E-state index is 0.119. The van der Waals surface area contributed by atoms with E-state index < -0.39 is 12.6 Å². The van der Waals surface area contributed by atoms with Gasteiger partial charge in [0.15, 0.2) is 0 Å². The number of halogens is 3. The molecule has 2 N–H and O–H groups in total. The Morgan fingerprint density at radius 3 is 2.37 bits per heavy atom. The van der Waals surface area contributed by atoms with Crippen LogP contribution in [-0.2, 0) is 6.54 Å². The number of hydrogen-bond acceptors (Lipinski definition) is 2. The molecule has 0 atom stereocenters. The summed E-state index contributed by atoms with van der Waals surface area (Å²) in [7, 11) is 0. The Morgan fingerprint density at radius 2 is 1.84 bits per heavy atom. The Balaban J connectivity index is 2.57. The number of alkyl halides is 3. The Labute approximate surface area is 112 Å². The highest BCUT2D eigenvalue weighted by atomic mass is 19.4. The molecule has 0 aliphatic rings. The highest BCUT2D eigenvalue weighted by Crippen LogP contribution is 2.22. The number of nitrogens with two attached hydrogens (primary N) is 1. The van der Waals surface area contributed by atoms with Crippen LogP contribution in [0.1, 0.15) is 32.3 Å². The summed E-state index contributed by atoms with van der Waals surface area (Å²) in [5.74, 6) is 0. The van der Waals surface area contributed by atoms with Crippen molar-refractivity contribution in [3.63, 3.8) is 0 Å². The first-order valence-corrected chi connectivity index (χ1v) is 6.44. The minimum Gasteiger partial charge on any atom is -0.398 e. The van der Waals surface area contributed by atoms with E-state index in [-0.39, 0.29) is 12.5 Å². The Kier molecular flexibility index (Phi) is 5.66. The van der Waals surface area contributed by atoms with Crippen molar-refractivity contribution in [3.8, 4) is 0 Å². The molecule has 0 spiro atoms. The average molecular weight is 274 g/mol. The number of para-hydroxylation sites is 1. The Bertz CT molecular complexity index is 389. The smallest absolute Gasteiger partial charge is 0.389 e. The fourth-order valence-corrected chi connectivity index (χ4v) is 1.90. The molecule has 1 rings (SSSR count). The van der Waals surface area contributed by atoms with Gasteiger partial charge >= 0.3 is 6.18 Å². The average Bonchev–Trinajstić information content (AvgIpc) is 2.28. The van der Waals surface area contributed by atoms with Gasteiger partial charge in [0.1, 0.15) is 0 Å². The van der Waals surface area contributed by atoms with Crippen molar-refractivity contribution in [1.29, 1.82) is 0 Å². The molecule has 19 heavy (non-hydrogen) atoms. The lowest BCUT2D eigenvalue weighted by Crippen LogP contribution is -2.32. The van der Waals surface area contributed by atoms with Crippen LogP contribution in [0, 0.1) is 0 Å². The van der Waals surface area contributed by atoms with E-state index in [9.17, 15) is 13.2 Å². The lowest BCUT2D eigenvalue weighted by molar-refractivity contribution is -0.136. The van der Waals surface area contributed by atoms with Gasteiger partial charge in [-0.25, -0.2) is 0 Å². The predicted molar refractivity (Wildman–Crippen MR) is 71.7 cm³/mol. The second kappa shape index (κ2) is 6.80. The molecular formula is C14H21F3N2. The molecule has 0 bridgehead atoms. The normalized spacial score (nSPS) is 12.4. The van der Waals surface area contributed by atoms with Crippen molar-refractivity contribution in [1.82, 2.24) is 4.90 Å². The van der Waals surface area contributed by atoms with Crippen LogP contribution in [-0.4, -0.2) is 23.7 Å². The molecule has 0 aliphatic carbocycles. The summed E-state index contributed by atoms with van der Waals surface area (Å²) in [6.07, 6.45) is -4.69. The van der Waals surface area contributed by atoms with Gasteiger partial charge in [-0.1, -0.05) is 18.2 Å². The maximum Gasteiger partial charge on any atom is 0.389 e. The fraction of sp³-hybridized carbons (Fsp3) is 0.571. The molecular weight excluding hydrogens is 253 g/mol. The van der Waals surface area contributed by atoms with Crippen molar-refractivity contribution in [2.45, 2.75) is 45.5 Å². The zero-order chi connectivity index (χ0) is 14.5. The van der Waals surface area contributed by atoms with E-state index in [1.807, 2.05) is 43.0 Å². The monoisotopic (exact) mass is 274 g/mol. The third-order valence-electron chi connectivity index (χ3n) is 3.06. The summed E-state index contributed by atoms with van der Waals surface area (Å²) < 4.78 is 36.5. The molecule has 0 aromatic heterocycles. The highest BCUT2D eigenvalue weighted by Gasteiger charge is 2.26. The molecule has 2 nitrogen and oxygen atoms in total. The van der Waals surface area contributed by atoms with E-state index in [0.29, 0.717) is 18.8 Å². The van der Waals surface area contributed by atoms with Gasteiger partial charge < -0.3 is 5.73 Å². The van der Waals surface area contributed by atoms with E-state index >= 15 is 0 Å². The van der Waals surface area contributed by atoms with Crippen molar-refractivity contribution >= 4 is 5.69 Å². The first-order valence-electron chi connectivity index (χ1n) is 6.44. The highest BCUT2D eigenvalue weighted by molar-refractivity contribution is 5.46. The van der Waals surface area contributed by atoms with Crippen LogP contribution >= 0.6 is 0 Å². The third-order valence-corrected chi connectivity index (χ3v) is 3.06. The van der Waals surface area contributed by atoms with E-state index in [1.54, 1.807) is 0 Å². The van der Waals surface area contributed by atoms with Crippen molar-refractivity contribution < 1.29 is 13.2 Å². The maximum absolute atomic E-state index is 12.2. The summed E-state index contributed by atoms with van der Waals surface area (Å²) in [4.78, 5) is 2.01. The molecule has 1 aromatic carbocycles. The first-order chi connectivity index (χ1) is 8.79. The third kappa shape index (κ3) is 5.96. The summed E-state index contributed by atoms with van der Waals surface area (Å²) >= 11 is 0. The topological polar surface area (TPSA) is 29.3 Å². The van der Waals surface area contributed by atoms with Gasteiger partial charge in [-0.2, -0.15) is 13.2 Å². The lowest BCUT2D eigenvalue weighted by Gasteiger charge is -2.27. The summed E-state index contributed by atoms with van der Waals surface area (Å²) in [5.41, 5.74) is 7.51. The van der Waals surface area contributed by atoms with Crippen LogP contribution in [0.15, 0.2) is 24.3 Å². The largest absolute Gasteiger partial charge is 0.398 e. The zero-order valence-corrected chi connectivity index (χ0v) is 11.4. The van der Waals surface area contributed by atoms with Gasteiger partial charge in [0.05, 0.1) is 0 Å². The molecule has 0 fully saturated rings. The number of anilines is 1. The van der Waals surface area contributed by atoms with Crippen LogP contribution < -0.4 is 5.73 Å². The number of rotatable bonds is 6. The standard InChI is InChI=1S/C14H21F3N2/c1-11(2)19(9-5-8-14(15,16)17)10-12-6-3-4-7-13(12)18/h3-4,6-7,11H,5,8-10,18H2,1-2H3. The molecule has 0 saturated heterocycles. The molecule has 1 aromatic rings.